The number of hydrogen-bond acceptors (Lipinski definition) is 1. The van der Waals surface area contributed by atoms with Crippen molar-refractivity contribution in [2.75, 3.05) is 19.6 Å². The molecule has 0 aliphatic rings. The molecule has 0 aliphatic heterocycles. The zero-order chi connectivity index (χ0) is 8.53. The fraction of sp³-hybridized carbons (Fsp3) is 0.400. The predicted molar refractivity (Wildman–Crippen MR) is 54.8 cm³/mol. The van der Waals surface area contributed by atoms with E-state index >= 15 is 0 Å². The van der Waals surface area contributed by atoms with Gasteiger partial charge in [-0.3, -0.25) is 4.90 Å². The highest BCUT2D eigenvalue weighted by atomic mass is 35.5. The Morgan fingerprint density at radius 3 is 1.92 bits per heavy atom. The van der Waals surface area contributed by atoms with Gasteiger partial charge in [-0.15, -0.1) is 31.2 Å². The Morgan fingerprint density at radius 2 is 1.58 bits per heavy atom. The molecule has 0 fully saturated rings. The number of nitrogens with zero attached hydrogens (tertiary/aromatic N) is 1. The van der Waals surface area contributed by atoms with Crippen molar-refractivity contribution >= 4 is 12.4 Å². The van der Waals surface area contributed by atoms with Crippen molar-refractivity contribution in [3.8, 4) is 36.5 Å². The minimum Gasteiger partial charge on any atom is -0.270 e. The van der Waals surface area contributed by atoms with E-state index in [0.29, 0.717) is 19.6 Å². The van der Waals surface area contributed by atoms with E-state index in [0.717, 1.165) is 0 Å². The van der Waals surface area contributed by atoms with Gasteiger partial charge in [-0.2, -0.15) is 0 Å². The summed E-state index contributed by atoms with van der Waals surface area (Å²) in [5, 5.41) is 0. The van der Waals surface area contributed by atoms with Crippen LogP contribution in [0.25, 0.3) is 0 Å². The lowest BCUT2D eigenvalue weighted by atomic mass is 10.4. The van der Waals surface area contributed by atoms with Gasteiger partial charge >= 0.3 is 0 Å². The predicted octanol–water partition coefficient (Wildman–Crippen LogP) is 1.000. The second-order valence-corrected chi connectivity index (χ2v) is 1.98. The van der Waals surface area contributed by atoms with Gasteiger partial charge in [0.2, 0.25) is 0 Å². The smallest absolute Gasteiger partial charge is 0.0619 e. The van der Waals surface area contributed by atoms with Gasteiger partial charge in [0.1, 0.15) is 0 Å². The van der Waals surface area contributed by atoms with Crippen LogP contribution in [-0.4, -0.2) is 24.5 Å². The highest BCUT2D eigenvalue weighted by Crippen LogP contribution is 1.83. The first-order valence-electron chi connectivity index (χ1n) is 3.34. The van der Waals surface area contributed by atoms with Crippen LogP contribution >= 0.6 is 12.4 Å². The highest BCUT2D eigenvalue weighted by molar-refractivity contribution is 5.85. The SMILES string of the molecule is C#CCN(CC#C)CC#CC.Cl. The van der Waals surface area contributed by atoms with Crippen molar-refractivity contribution in [3.63, 3.8) is 0 Å². The molecule has 0 aromatic rings. The van der Waals surface area contributed by atoms with Crippen LogP contribution < -0.4 is 0 Å². The summed E-state index contributed by atoms with van der Waals surface area (Å²) in [6, 6.07) is 0. The molecule has 0 N–H and O–H groups in total. The molecule has 12 heavy (non-hydrogen) atoms. The average molecular weight is 182 g/mol. The first-order chi connectivity index (χ1) is 5.35. The molecule has 0 aliphatic carbocycles. The van der Waals surface area contributed by atoms with E-state index in [1.54, 1.807) is 6.92 Å². The van der Waals surface area contributed by atoms with Crippen LogP contribution in [0.15, 0.2) is 0 Å². The molecule has 0 saturated carbocycles. The molecule has 0 saturated heterocycles. The Bertz CT molecular complexity index is 217. The highest BCUT2D eigenvalue weighted by Gasteiger charge is 1.95. The van der Waals surface area contributed by atoms with E-state index in [9.17, 15) is 0 Å². The molecular weight excluding hydrogens is 170 g/mol. The lowest BCUT2D eigenvalue weighted by molar-refractivity contribution is 0.390. The molecular formula is C10H12ClN. The summed E-state index contributed by atoms with van der Waals surface area (Å²) < 4.78 is 0. The Kier molecular flexibility index (Phi) is 11.2. The standard InChI is InChI=1S/C10H11N.ClH/c1-4-7-10-11(8-5-2)9-6-3;/h2-3H,8-10H2,1H3;1H. The van der Waals surface area contributed by atoms with Crippen LogP contribution in [0.2, 0.25) is 0 Å². The molecule has 2 heteroatoms. The van der Waals surface area contributed by atoms with Gasteiger partial charge in [-0.25, -0.2) is 0 Å². The van der Waals surface area contributed by atoms with Crippen LogP contribution in [0.1, 0.15) is 6.92 Å². The fourth-order valence-electron chi connectivity index (χ4n) is 0.617. The van der Waals surface area contributed by atoms with Crippen LogP contribution in [0.4, 0.5) is 0 Å². The summed E-state index contributed by atoms with van der Waals surface area (Å²) in [5.41, 5.74) is 0. The molecule has 0 unspecified atom stereocenters. The minimum atomic E-state index is 0. The van der Waals surface area contributed by atoms with E-state index in [1.165, 1.54) is 0 Å². The summed E-state index contributed by atoms with van der Waals surface area (Å²) >= 11 is 0. The summed E-state index contributed by atoms with van der Waals surface area (Å²) in [5.74, 6) is 10.7. The lowest BCUT2D eigenvalue weighted by Gasteiger charge is -2.11. The molecule has 0 amide bonds. The van der Waals surface area contributed by atoms with Gasteiger partial charge in [0.15, 0.2) is 0 Å². The van der Waals surface area contributed by atoms with Crippen molar-refractivity contribution in [3.05, 3.63) is 0 Å². The van der Waals surface area contributed by atoms with E-state index < -0.39 is 0 Å². The van der Waals surface area contributed by atoms with E-state index in [4.69, 9.17) is 12.8 Å². The molecule has 0 aromatic carbocycles. The van der Waals surface area contributed by atoms with Gasteiger partial charge in [0.25, 0.3) is 0 Å². The summed E-state index contributed by atoms with van der Waals surface area (Å²) in [4.78, 5) is 1.93. The van der Waals surface area contributed by atoms with Gasteiger partial charge in [-0.05, 0) is 6.92 Å². The second-order valence-electron chi connectivity index (χ2n) is 1.98. The largest absolute Gasteiger partial charge is 0.270 e. The molecule has 0 heterocycles. The molecule has 0 spiro atoms. The zero-order valence-electron chi connectivity index (χ0n) is 7.13. The average Bonchev–Trinajstić information content (AvgIpc) is 2.01. The van der Waals surface area contributed by atoms with E-state index in [-0.39, 0.29) is 12.4 Å². The topological polar surface area (TPSA) is 3.24 Å². The van der Waals surface area contributed by atoms with Crippen molar-refractivity contribution in [1.82, 2.24) is 4.90 Å². The van der Waals surface area contributed by atoms with Crippen molar-refractivity contribution in [1.29, 1.82) is 0 Å². The van der Waals surface area contributed by atoms with Gasteiger partial charge < -0.3 is 0 Å². The van der Waals surface area contributed by atoms with E-state index in [1.807, 2.05) is 4.90 Å². The normalized spacial score (nSPS) is 7.00. The van der Waals surface area contributed by atoms with Crippen molar-refractivity contribution < 1.29 is 0 Å². The second kappa shape index (κ2) is 9.93. The Hall–Kier alpha value is -1.07. The maximum Gasteiger partial charge on any atom is 0.0619 e. The number of rotatable bonds is 3. The number of halogens is 1. The molecule has 0 rings (SSSR count). The Morgan fingerprint density at radius 1 is 1.08 bits per heavy atom. The monoisotopic (exact) mass is 181 g/mol. The molecule has 0 atom stereocenters. The molecule has 0 bridgehead atoms. The molecule has 1 nitrogen and oxygen atoms in total. The summed E-state index contributed by atoms with van der Waals surface area (Å²) in [7, 11) is 0. The molecule has 0 aromatic heterocycles. The quantitative estimate of drug-likeness (QED) is 0.588. The summed E-state index contributed by atoms with van der Waals surface area (Å²) in [6.45, 7) is 3.59. The Balaban J connectivity index is 0. The zero-order valence-corrected chi connectivity index (χ0v) is 7.95. The van der Waals surface area contributed by atoms with E-state index in [2.05, 4.69) is 23.7 Å². The number of terminal acetylenes is 2. The van der Waals surface area contributed by atoms with Crippen molar-refractivity contribution in [2.24, 2.45) is 0 Å². The first kappa shape index (κ1) is 13.5. The Labute approximate surface area is 80.9 Å². The van der Waals surface area contributed by atoms with Crippen LogP contribution in [0.3, 0.4) is 0 Å². The third-order valence-electron chi connectivity index (χ3n) is 1.11. The van der Waals surface area contributed by atoms with Gasteiger partial charge in [0, 0.05) is 0 Å². The third kappa shape index (κ3) is 7.04. The fourth-order valence-corrected chi connectivity index (χ4v) is 0.617. The maximum atomic E-state index is 5.12. The first-order valence-corrected chi connectivity index (χ1v) is 3.34. The van der Waals surface area contributed by atoms with Gasteiger partial charge in [0.05, 0.1) is 19.6 Å². The van der Waals surface area contributed by atoms with Crippen LogP contribution in [0.5, 0.6) is 0 Å². The molecule has 0 radical (unpaired) electrons. The summed E-state index contributed by atoms with van der Waals surface area (Å²) in [6.07, 6.45) is 10.2. The minimum absolute atomic E-state index is 0. The van der Waals surface area contributed by atoms with Crippen molar-refractivity contribution in [2.45, 2.75) is 6.92 Å². The number of hydrogen-bond donors (Lipinski definition) is 0. The lowest BCUT2D eigenvalue weighted by Crippen LogP contribution is -2.24. The van der Waals surface area contributed by atoms with Crippen LogP contribution in [0, 0.1) is 36.5 Å². The molecule has 64 valence electrons. The maximum absolute atomic E-state index is 5.12. The third-order valence-corrected chi connectivity index (χ3v) is 1.11. The van der Waals surface area contributed by atoms with Gasteiger partial charge in [-0.1, -0.05) is 17.8 Å². The van der Waals surface area contributed by atoms with Crippen LogP contribution in [-0.2, 0) is 0 Å².